The second-order valence-electron chi connectivity index (χ2n) is 5.36. The molecule has 0 saturated carbocycles. The summed E-state index contributed by atoms with van der Waals surface area (Å²) < 4.78 is 30.7. The molecule has 3 rings (SSSR count). The molecule has 1 aromatic heterocycles. The monoisotopic (exact) mass is 306 g/mol. The van der Waals surface area contributed by atoms with Crippen molar-refractivity contribution in [2.45, 2.75) is 25.5 Å². The van der Waals surface area contributed by atoms with Gasteiger partial charge in [-0.2, -0.15) is 5.10 Å². The normalized spacial score (nSPS) is 21.0. The Kier molecular flexibility index (Phi) is 3.96. The Morgan fingerprint density at radius 2 is 2.10 bits per heavy atom. The van der Waals surface area contributed by atoms with Crippen molar-refractivity contribution in [3.05, 3.63) is 48.3 Å². The first kappa shape index (κ1) is 14.1. The van der Waals surface area contributed by atoms with Crippen LogP contribution in [0.15, 0.2) is 42.7 Å². The molecule has 1 unspecified atom stereocenters. The summed E-state index contributed by atoms with van der Waals surface area (Å²) in [4.78, 5) is 0. The zero-order valence-corrected chi connectivity index (χ0v) is 12.5. The van der Waals surface area contributed by atoms with Crippen molar-refractivity contribution < 1.29 is 13.2 Å². The molecule has 0 spiro atoms. The van der Waals surface area contributed by atoms with Crippen molar-refractivity contribution >= 4 is 9.84 Å². The second kappa shape index (κ2) is 5.89. The largest absolute Gasteiger partial charge is 0.486 e. The van der Waals surface area contributed by atoms with Gasteiger partial charge in [-0.25, -0.2) is 8.42 Å². The number of benzene rings is 1. The van der Waals surface area contributed by atoms with Crippen LogP contribution in [0.1, 0.15) is 18.4 Å². The van der Waals surface area contributed by atoms with E-state index in [1.807, 2.05) is 36.5 Å². The van der Waals surface area contributed by atoms with Crippen LogP contribution < -0.4 is 4.74 Å². The molecule has 5 nitrogen and oxygen atoms in total. The van der Waals surface area contributed by atoms with Crippen LogP contribution in [0.4, 0.5) is 0 Å². The lowest BCUT2D eigenvalue weighted by Crippen LogP contribution is -2.33. The van der Waals surface area contributed by atoms with E-state index in [0.717, 1.165) is 12.0 Å². The van der Waals surface area contributed by atoms with Crippen molar-refractivity contribution in [1.29, 1.82) is 0 Å². The Morgan fingerprint density at radius 3 is 2.86 bits per heavy atom. The van der Waals surface area contributed by atoms with E-state index in [-0.39, 0.29) is 17.6 Å². The number of hydrogen-bond donors (Lipinski definition) is 0. The van der Waals surface area contributed by atoms with Gasteiger partial charge >= 0.3 is 0 Å². The zero-order chi connectivity index (χ0) is 14.7. The Morgan fingerprint density at radius 1 is 1.29 bits per heavy atom. The number of sulfone groups is 1. The smallest absolute Gasteiger partial charge is 0.157 e. The van der Waals surface area contributed by atoms with Gasteiger partial charge in [0.05, 0.1) is 30.4 Å². The third kappa shape index (κ3) is 3.85. The SMILES string of the molecule is O=S1(=O)CCCC(Oc2cnn(Cc3ccccc3)c2)C1. The fourth-order valence-electron chi connectivity index (χ4n) is 2.53. The predicted octanol–water partition coefficient (Wildman–Crippen LogP) is 1.89. The lowest BCUT2D eigenvalue weighted by atomic mass is 10.2. The summed E-state index contributed by atoms with van der Waals surface area (Å²) in [7, 11) is -2.95. The topological polar surface area (TPSA) is 61.2 Å². The first-order chi connectivity index (χ1) is 10.1. The van der Waals surface area contributed by atoms with Crippen LogP contribution in [0.5, 0.6) is 5.75 Å². The van der Waals surface area contributed by atoms with Crippen molar-refractivity contribution in [3.8, 4) is 5.75 Å². The Bertz CT molecular complexity index is 695. The molecule has 21 heavy (non-hydrogen) atoms. The third-order valence-electron chi connectivity index (χ3n) is 3.52. The van der Waals surface area contributed by atoms with Gasteiger partial charge in [-0.3, -0.25) is 4.68 Å². The summed E-state index contributed by atoms with van der Waals surface area (Å²) in [6, 6.07) is 10.0. The highest BCUT2D eigenvalue weighted by Crippen LogP contribution is 2.19. The molecule has 2 heterocycles. The highest BCUT2D eigenvalue weighted by Gasteiger charge is 2.26. The molecular weight excluding hydrogens is 288 g/mol. The van der Waals surface area contributed by atoms with Crippen molar-refractivity contribution in [2.24, 2.45) is 0 Å². The number of hydrogen-bond acceptors (Lipinski definition) is 4. The molecule has 0 bridgehead atoms. The minimum atomic E-state index is -2.95. The Balaban J connectivity index is 1.63. The van der Waals surface area contributed by atoms with Gasteiger partial charge in [-0.15, -0.1) is 0 Å². The maximum atomic E-state index is 11.6. The number of aromatic nitrogens is 2. The van der Waals surface area contributed by atoms with Gasteiger partial charge < -0.3 is 4.74 Å². The molecule has 1 aliphatic heterocycles. The van der Waals surface area contributed by atoms with E-state index in [2.05, 4.69) is 5.10 Å². The fraction of sp³-hybridized carbons (Fsp3) is 0.400. The van der Waals surface area contributed by atoms with Gasteiger partial charge in [-0.1, -0.05) is 30.3 Å². The average molecular weight is 306 g/mol. The van der Waals surface area contributed by atoms with Crippen molar-refractivity contribution in [2.75, 3.05) is 11.5 Å². The number of ether oxygens (including phenoxy) is 1. The first-order valence-electron chi connectivity index (χ1n) is 7.04. The minimum absolute atomic E-state index is 0.108. The summed E-state index contributed by atoms with van der Waals surface area (Å²) >= 11 is 0. The van der Waals surface area contributed by atoms with Crippen LogP contribution in [0, 0.1) is 0 Å². The Hall–Kier alpha value is -1.82. The summed E-state index contributed by atoms with van der Waals surface area (Å²) in [6.07, 6.45) is 4.66. The molecule has 6 heteroatoms. The number of nitrogens with zero attached hydrogens (tertiary/aromatic N) is 2. The van der Waals surface area contributed by atoms with Gasteiger partial charge in [-0.05, 0) is 18.4 Å². The predicted molar refractivity (Wildman–Crippen MR) is 80.1 cm³/mol. The van der Waals surface area contributed by atoms with E-state index in [4.69, 9.17) is 4.74 Å². The minimum Gasteiger partial charge on any atom is -0.486 e. The molecule has 1 aromatic carbocycles. The Labute approximate surface area is 124 Å². The molecule has 1 aliphatic rings. The van der Waals surface area contributed by atoms with Gasteiger partial charge in [0.15, 0.2) is 15.6 Å². The van der Waals surface area contributed by atoms with Crippen LogP contribution >= 0.6 is 0 Å². The molecule has 1 atom stereocenters. The maximum absolute atomic E-state index is 11.6. The molecule has 2 aromatic rings. The van der Waals surface area contributed by atoms with E-state index < -0.39 is 9.84 Å². The van der Waals surface area contributed by atoms with Crippen LogP contribution in [0.2, 0.25) is 0 Å². The molecular formula is C15H18N2O3S. The maximum Gasteiger partial charge on any atom is 0.157 e. The van der Waals surface area contributed by atoms with Crippen LogP contribution in [-0.2, 0) is 16.4 Å². The van der Waals surface area contributed by atoms with E-state index in [0.29, 0.717) is 18.7 Å². The standard InChI is InChI=1S/C15H18N2O3S/c18-21(19)8-4-7-14(12-21)20-15-9-16-17(11-15)10-13-5-2-1-3-6-13/h1-3,5-6,9,11,14H,4,7-8,10,12H2. The van der Waals surface area contributed by atoms with Gasteiger partial charge in [0.25, 0.3) is 0 Å². The van der Waals surface area contributed by atoms with E-state index in [1.165, 1.54) is 0 Å². The molecule has 112 valence electrons. The summed E-state index contributed by atoms with van der Waals surface area (Å²) in [5.74, 6) is 1.02. The lowest BCUT2D eigenvalue weighted by molar-refractivity contribution is 0.207. The summed E-state index contributed by atoms with van der Waals surface area (Å²) in [5, 5.41) is 4.26. The van der Waals surface area contributed by atoms with Crippen LogP contribution in [0.25, 0.3) is 0 Å². The van der Waals surface area contributed by atoms with E-state index in [1.54, 1.807) is 10.9 Å². The first-order valence-corrected chi connectivity index (χ1v) is 8.86. The highest BCUT2D eigenvalue weighted by atomic mass is 32.2. The van der Waals surface area contributed by atoms with E-state index in [9.17, 15) is 8.42 Å². The molecule has 0 amide bonds. The highest BCUT2D eigenvalue weighted by molar-refractivity contribution is 7.91. The number of rotatable bonds is 4. The lowest BCUT2D eigenvalue weighted by Gasteiger charge is -2.22. The third-order valence-corrected chi connectivity index (χ3v) is 5.31. The van der Waals surface area contributed by atoms with Gasteiger partial charge in [0.2, 0.25) is 0 Å². The quantitative estimate of drug-likeness (QED) is 0.865. The van der Waals surface area contributed by atoms with Gasteiger partial charge in [0.1, 0.15) is 6.10 Å². The molecule has 0 N–H and O–H groups in total. The molecule has 1 fully saturated rings. The second-order valence-corrected chi connectivity index (χ2v) is 7.58. The summed E-state index contributed by atoms with van der Waals surface area (Å²) in [5.41, 5.74) is 1.16. The zero-order valence-electron chi connectivity index (χ0n) is 11.7. The van der Waals surface area contributed by atoms with Crippen LogP contribution in [-0.4, -0.2) is 35.8 Å². The van der Waals surface area contributed by atoms with Crippen LogP contribution in [0.3, 0.4) is 0 Å². The summed E-state index contributed by atoms with van der Waals surface area (Å²) in [6.45, 7) is 0.674. The molecule has 1 saturated heterocycles. The van der Waals surface area contributed by atoms with Crippen molar-refractivity contribution in [1.82, 2.24) is 9.78 Å². The molecule has 0 aliphatic carbocycles. The molecule has 0 radical (unpaired) electrons. The van der Waals surface area contributed by atoms with E-state index >= 15 is 0 Å². The fourth-order valence-corrected chi connectivity index (χ4v) is 4.10. The average Bonchev–Trinajstić information content (AvgIpc) is 2.86. The van der Waals surface area contributed by atoms with Gasteiger partial charge in [0, 0.05) is 0 Å². The van der Waals surface area contributed by atoms with Crippen molar-refractivity contribution in [3.63, 3.8) is 0 Å².